The normalized spacial score (nSPS) is 10.9. The fourth-order valence-electron chi connectivity index (χ4n) is 4.67. The van der Waals surface area contributed by atoms with Gasteiger partial charge in [0, 0.05) is 30.5 Å². The van der Waals surface area contributed by atoms with Gasteiger partial charge in [-0.1, -0.05) is 35.3 Å². The molecule has 4 rings (SSSR count). The number of carbonyl (C=O) groups is 4. The van der Waals surface area contributed by atoms with Crippen LogP contribution in [0.1, 0.15) is 81.3 Å². The van der Waals surface area contributed by atoms with E-state index in [9.17, 15) is 45.5 Å². The number of amides is 1. The van der Waals surface area contributed by atoms with Crippen LogP contribution >= 0.6 is 23.2 Å². The maximum absolute atomic E-state index is 13.4. The number of aromatic carboxylic acids is 1. The van der Waals surface area contributed by atoms with Crippen molar-refractivity contribution >= 4 is 58.7 Å². The van der Waals surface area contributed by atoms with Crippen LogP contribution in [0.25, 0.3) is 0 Å². The van der Waals surface area contributed by atoms with Gasteiger partial charge >= 0.3 is 30.3 Å². The van der Waals surface area contributed by atoms with Gasteiger partial charge < -0.3 is 25.6 Å². The molecular weight excluding hydrogens is 813 g/mol. The monoisotopic (exact) mass is 848 g/mol. The summed E-state index contributed by atoms with van der Waals surface area (Å²) in [5, 5.41) is 11.6. The number of esters is 2. The second-order valence-electron chi connectivity index (χ2n) is 11.4. The summed E-state index contributed by atoms with van der Waals surface area (Å²) in [6, 6.07) is 8.69. The number of aromatic nitrogens is 4. The Morgan fingerprint density at radius 3 is 1.54 bits per heavy atom. The number of nitrogens with one attached hydrogen (secondary N) is 1. The van der Waals surface area contributed by atoms with Gasteiger partial charge in [-0.05, 0) is 75.9 Å². The molecule has 21 heteroatoms. The summed E-state index contributed by atoms with van der Waals surface area (Å²) in [5.41, 5.74) is 2.42. The Morgan fingerprint density at radius 2 is 1.14 bits per heavy atom. The van der Waals surface area contributed by atoms with Gasteiger partial charge in [0.25, 0.3) is 5.91 Å². The highest BCUT2D eigenvalue weighted by molar-refractivity contribution is 6.30. The number of benzene rings is 2. The summed E-state index contributed by atoms with van der Waals surface area (Å²) in [5.74, 6) is -2.02. The van der Waals surface area contributed by atoms with Crippen LogP contribution < -0.4 is 11.1 Å². The molecule has 0 bridgehead atoms. The molecule has 2 heterocycles. The zero-order valence-electron chi connectivity index (χ0n) is 30.6. The van der Waals surface area contributed by atoms with Gasteiger partial charge in [-0.2, -0.15) is 26.3 Å². The SMILES string of the molecule is CCOC(=O)CCc1ccc(C(=O)Nc2cc(Cl)nc(C)n2)cc1C(F)(F)F.CCOC(=O)CCc1ccc(C(=O)O)cc1C(F)(F)F.Cc1nc(N)cc(Cl)n1. The number of hydrogen-bond acceptors (Lipinski definition) is 11. The van der Waals surface area contributed by atoms with Gasteiger partial charge in [0.2, 0.25) is 0 Å². The topological polar surface area (TPSA) is 197 Å². The lowest BCUT2D eigenvalue weighted by molar-refractivity contribution is -0.144. The number of nitrogens with two attached hydrogens (primary N) is 1. The van der Waals surface area contributed by atoms with Crippen molar-refractivity contribution < 1.29 is 60.1 Å². The molecule has 2 aromatic heterocycles. The molecule has 0 unspecified atom stereocenters. The number of alkyl halides is 6. The van der Waals surface area contributed by atoms with E-state index in [2.05, 4.69) is 30.0 Å². The predicted octanol–water partition coefficient (Wildman–Crippen LogP) is 8.13. The smallest absolute Gasteiger partial charge is 0.416 e. The predicted molar refractivity (Wildman–Crippen MR) is 196 cm³/mol. The number of ether oxygens (including phenoxy) is 2. The molecule has 4 N–H and O–H groups in total. The number of carboxylic acids is 1. The highest BCUT2D eigenvalue weighted by Gasteiger charge is 2.35. The maximum Gasteiger partial charge on any atom is 0.416 e. The van der Waals surface area contributed by atoms with Crippen molar-refractivity contribution in [3.63, 3.8) is 0 Å². The molecule has 0 atom stereocenters. The first kappa shape index (κ1) is 47.6. The zero-order chi connectivity index (χ0) is 43.1. The number of halogens is 8. The van der Waals surface area contributed by atoms with Crippen LogP contribution in [0.2, 0.25) is 10.3 Å². The highest BCUT2D eigenvalue weighted by Crippen LogP contribution is 2.34. The average Bonchev–Trinajstić information content (AvgIpc) is 3.08. The van der Waals surface area contributed by atoms with Crippen LogP contribution in [0.4, 0.5) is 38.0 Å². The minimum absolute atomic E-state index is 0.0717. The first-order chi connectivity index (χ1) is 26.5. The van der Waals surface area contributed by atoms with Crippen LogP contribution in [0.5, 0.6) is 0 Å². The molecule has 0 saturated carbocycles. The quantitative estimate of drug-likeness (QED) is 0.0746. The van der Waals surface area contributed by atoms with Crippen molar-refractivity contribution in [2.75, 3.05) is 24.3 Å². The first-order valence-electron chi connectivity index (χ1n) is 16.6. The molecule has 0 aliphatic carbocycles. The van der Waals surface area contributed by atoms with E-state index < -0.39 is 52.9 Å². The fourth-order valence-corrected chi connectivity index (χ4v) is 5.13. The minimum Gasteiger partial charge on any atom is -0.478 e. The largest absolute Gasteiger partial charge is 0.478 e. The summed E-state index contributed by atoms with van der Waals surface area (Å²) in [7, 11) is 0. The molecular formula is C36H36Cl2F6N6O7. The average molecular weight is 850 g/mol. The van der Waals surface area contributed by atoms with E-state index >= 15 is 0 Å². The highest BCUT2D eigenvalue weighted by atomic mass is 35.5. The van der Waals surface area contributed by atoms with Crippen LogP contribution in [0.3, 0.4) is 0 Å². The van der Waals surface area contributed by atoms with Gasteiger partial charge in [0.1, 0.15) is 33.6 Å². The number of anilines is 2. The van der Waals surface area contributed by atoms with Crippen LogP contribution in [0, 0.1) is 13.8 Å². The third-order valence-electron chi connectivity index (χ3n) is 7.02. The van der Waals surface area contributed by atoms with Crippen molar-refractivity contribution in [3.8, 4) is 0 Å². The number of nitrogen functional groups attached to an aromatic ring is 1. The van der Waals surface area contributed by atoms with E-state index in [1.807, 2.05) is 0 Å². The Morgan fingerprint density at radius 1 is 0.702 bits per heavy atom. The first-order valence-corrected chi connectivity index (χ1v) is 17.3. The van der Waals surface area contributed by atoms with Crippen LogP contribution in [-0.4, -0.2) is 62.1 Å². The zero-order valence-corrected chi connectivity index (χ0v) is 32.2. The van der Waals surface area contributed by atoms with E-state index in [0.717, 1.165) is 18.2 Å². The molecule has 13 nitrogen and oxygen atoms in total. The lowest BCUT2D eigenvalue weighted by Gasteiger charge is -2.14. The maximum atomic E-state index is 13.4. The van der Waals surface area contributed by atoms with Crippen LogP contribution in [-0.2, 0) is 44.3 Å². The number of nitrogens with zero attached hydrogens (tertiary/aromatic N) is 4. The standard InChI is InChI=1S/C18H17ClF3N3O3.C13H13F3O4.C5H6ClN3/c1-3-28-16(26)7-6-11-4-5-12(8-13(11)18(20,21)22)17(27)25-15-9-14(19)23-10(2)24-15;1-2-20-11(17)6-5-8-3-4-9(12(18)19)7-10(8)13(14,15)16;1-3-8-4(6)2-5(7)9-3/h4-5,8-9H,3,6-7H2,1-2H3,(H,23,24,25,27);3-4,7H,2,5-6H2,1H3,(H,18,19);2H,1H3,(H2,7,8,9). The third kappa shape index (κ3) is 16.6. The van der Waals surface area contributed by atoms with Gasteiger partial charge in [0.05, 0.1) is 29.9 Å². The molecule has 0 saturated heterocycles. The molecule has 1 amide bonds. The Bertz CT molecular complexity index is 1980. The van der Waals surface area contributed by atoms with E-state index in [1.165, 1.54) is 24.3 Å². The lowest BCUT2D eigenvalue weighted by Crippen LogP contribution is -2.17. The van der Waals surface area contributed by atoms with Crippen molar-refractivity contribution in [3.05, 3.63) is 104 Å². The van der Waals surface area contributed by atoms with E-state index in [1.54, 1.807) is 27.7 Å². The molecule has 0 radical (unpaired) electrons. The second kappa shape index (κ2) is 21.7. The fraction of sp³-hybridized carbons (Fsp3) is 0.333. The number of hydrogen-bond donors (Lipinski definition) is 3. The summed E-state index contributed by atoms with van der Waals surface area (Å²) in [6.45, 7) is 6.81. The minimum atomic E-state index is -4.69. The lowest BCUT2D eigenvalue weighted by atomic mass is 9.99. The van der Waals surface area contributed by atoms with Crippen LogP contribution in [0.15, 0.2) is 48.5 Å². The third-order valence-corrected chi connectivity index (χ3v) is 7.41. The van der Waals surface area contributed by atoms with Crippen molar-refractivity contribution in [1.82, 2.24) is 19.9 Å². The molecule has 4 aromatic rings. The Balaban J connectivity index is 0.000000334. The molecule has 2 aromatic carbocycles. The summed E-state index contributed by atoms with van der Waals surface area (Å²) in [6.07, 6.45) is -10.1. The Hall–Kier alpha value is -5.56. The van der Waals surface area contributed by atoms with E-state index in [-0.39, 0.29) is 66.6 Å². The molecule has 308 valence electrons. The van der Waals surface area contributed by atoms with Gasteiger partial charge in [-0.25, -0.2) is 24.7 Å². The Labute approximate surface area is 331 Å². The molecule has 0 spiro atoms. The van der Waals surface area contributed by atoms with Gasteiger partial charge in [0.15, 0.2) is 0 Å². The van der Waals surface area contributed by atoms with Crippen molar-refractivity contribution in [2.45, 2.75) is 65.7 Å². The van der Waals surface area contributed by atoms with E-state index in [0.29, 0.717) is 28.7 Å². The van der Waals surface area contributed by atoms with Crippen molar-refractivity contribution in [2.24, 2.45) is 0 Å². The molecule has 0 aliphatic rings. The van der Waals surface area contributed by atoms with E-state index in [4.69, 9.17) is 38.8 Å². The van der Waals surface area contributed by atoms with Gasteiger partial charge in [-0.3, -0.25) is 14.4 Å². The molecule has 0 fully saturated rings. The number of carbonyl (C=O) groups excluding carboxylic acids is 3. The number of rotatable bonds is 11. The summed E-state index contributed by atoms with van der Waals surface area (Å²) in [4.78, 5) is 61.0. The number of carboxylic acid groups (broad SMARTS) is 1. The second-order valence-corrected chi connectivity index (χ2v) is 12.2. The molecule has 57 heavy (non-hydrogen) atoms. The molecule has 0 aliphatic heterocycles. The number of aryl methyl sites for hydroxylation is 4. The summed E-state index contributed by atoms with van der Waals surface area (Å²) >= 11 is 11.3. The van der Waals surface area contributed by atoms with Gasteiger partial charge in [-0.15, -0.1) is 0 Å². The Kier molecular flexibility index (Phi) is 18.1. The summed E-state index contributed by atoms with van der Waals surface area (Å²) < 4.78 is 88.2. The van der Waals surface area contributed by atoms with Crippen molar-refractivity contribution in [1.29, 1.82) is 0 Å².